The molecule has 0 saturated heterocycles. The lowest BCUT2D eigenvalue weighted by molar-refractivity contribution is -0.156. The summed E-state index contributed by atoms with van der Waals surface area (Å²) >= 11 is 0. The van der Waals surface area contributed by atoms with Crippen molar-refractivity contribution in [3.05, 3.63) is 12.7 Å². The quantitative estimate of drug-likeness (QED) is 0.420. The van der Waals surface area contributed by atoms with Crippen molar-refractivity contribution < 1.29 is 4.84 Å². The molecule has 0 heterocycles. The van der Waals surface area contributed by atoms with Crippen LogP contribution in [0.4, 0.5) is 0 Å². The Morgan fingerprint density at radius 2 is 2.22 bits per heavy atom. The number of nitrogens with zero attached hydrogens (tertiary/aromatic N) is 1. The molecule has 0 aliphatic heterocycles. The summed E-state index contributed by atoms with van der Waals surface area (Å²) < 4.78 is 0. The van der Waals surface area contributed by atoms with Gasteiger partial charge >= 0.3 is 0 Å². The van der Waals surface area contributed by atoms with Gasteiger partial charge in [-0.05, 0) is 13.3 Å². The molecule has 0 amide bonds. The fraction of sp³-hybridized carbons (Fsp3) is 0.714. The molecule has 0 aliphatic carbocycles. The first kappa shape index (κ1) is 8.66. The van der Waals surface area contributed by atoms with Gasteiger partial charge in [-0.2, -0.15) is 5.06 Å². The topological polar surface area (TPSA) is 12.5 Å². The van der Waals surface area contributed by atoms with Crippen molar-refractivity contribution in [2.24, 2.45) is 0 Å². The summed E-state index contributed by atoms with van der Waals surface area (Å²) in [7, 11) is 3.75. The van der Waals surface area contributed by atoms with Crippen molar-refractivity contribution in [1.82, 2.24) is 5.06 Å². The van der Waals surface area contributed by atoms with E-state index in [2.05, 4.69) is 6.58 Å². The van der Waals surface area contributed by atoms with Crippen LogP contribution in [0.25, 0.3) is 0 Å². The lowest BCUT2D eigenvalue weighted by Crippen LogP contribution is -2.19. The van der Waals surface area contributed by atoms with Crippen molar-refractivity contribution in [2.45, 2.75) is 19.4 Å². The van der Waals surface area contributed by atoms with Crippen LogP contribution >= 0.6 is 0 Å². The Hall–Kier alpha value is -0.340. The molecular weight excluding hydrogens is 114 g/mol. The van der Waals surface area contributed by atoms with Crippen LogP contribution in [-0.2, 0) is 4.84 Å². The molecule has 1 unspecified atom stereocenters. The van der Waals surface area contributed by atoms with E-state index >= 15 is 0 Å². The van der Waals surface area contributed by atoms with Crippen LogP contribution in [0.15, 0.2) is 12.7 Å². The summed E-state index contributed by atoms with van der Waals surface area (Å²) in [4.78, 5) is 5.25. The van der Waals surface area contributed by atoms with Gasteiger partial charge in [0.2, 0.25) is 0 Å². The predicted octanol–water partition coefficient (Wildman–Crippen LogP) is 1.44. The number of hydroxylamine groups is 2. The Kier molecular flexibility index (Phi) is 4.36. The highest BCUT2D eigenvalue weighted by atomic mass is 16.7. The van der Waals surface area contributed by atoms with Gasteiger partial charge in [-0.3, -0.25) is 4.84 Å². The molecule has 1 atom stereocenters. The molecular formula is C7H15NO. The van der Waals surface area contributed by atoms with Crippen LogP contribution in [0.1, 0.15) is 13.3 Å². The molecule has 0 N–H and O–H groups in total. The van der Waals surface area contributed by atoms with Crippen molar-refractivity contribution in [2.75, 3.05) is 14.1 Å². The normalized spacial score (nSPS) is 13.8. The number of hydrogen-bond acceptors (Lipinski definition) is 2. The number of rotatable bonds is 4. The average Bonchev–Trinajstić information content (AvgIpc) is 1.63. The highest BCUT2D eigenvalue weighted by molar-refractivity contribution is 4.69. The van der Waals surface area contributed by atoms with Gasteiger partial charge in [0.05, 0.1) is 6.10 Å². The summed E-state index contributed by atoms with van der Waals surface area (Å²) in [6.07, 6.45) is 3.00. The van der Waals surface area contributed by atoms with Gasteiger partial charge in [-0.25, -0.2) is 0 Å². The van der Waals surface area contributed by atoms with Gasteiger partial charge in [0.1, 0.15) is 0 Å². The Morgan fingerprint density at radius 3 is 2.56 bits per heavy atom. The van der Waals surface area contributed by atoms with Gasteiger partial charge in [0, 0.05) is 14.1 Å². The zero-order valence-electron chi connectivity index (χ0n) is 6.42. The molecule has 0 aromatic carbocycles. The molecule has 0 fully saturated rings. The van der Waals surface area contributed by atoms with Gasteiger partial charge in [0.15, 0.2) is 0 Å². The zero-order chi connectivity index (χ0) is 7.28. The maximum Gasteiger partial charge on any atom is 0.0799 e. The van der Waals surface area contributed by atoms with Crippen LogP contribution in [0.3, 0.4) is 0 Å². The molecule has 0 bridgehead atoms. The summed E-state index contributed by atoms with van der Waals surface area (Å²) in [6.45, 7) is 5.62. The molecule has 0 aliphatic rings. The van der Waals surface area contributed by atoms with E-state index in [0.29, 0.717) is 0 Å². The summed E-state index contributed by atoms with van der Waals surface area (Å²) in [6, 6.07) is 0. The summed E-state index contributed by atoms with van der Waals surface area (Å²) in [5, 5.41) is 1.70. The molecule has 0 rings (SSSR count). The maximum atomic E-state index is 5.25. The van der Waals surface area contributed by atoms with Crippen molar-refractivity contribution in [3.63, 3.8) is 0 Å². The molecule has 0 radical (unpaired) electrons. The van der Waals surface area contributed by atoms with Crippen LogP contribution in [-0.4, -0.2) is 25.3 Å². The van der Waals surface area contributed by atoms with E-state index in [1.54, 1.807) is 5.06 Å². The lowest BCUT2D eigenvalue weighted by atomic mass is 10.3. The molecule has 0 spiro atoms. The molecule has 9 heavy (non-hydrogen) atoms. The van der Waals surface area contributed by atoms with E-state index in [1.165, 1.54) is 0 Å². The van der Waals surface area contributed by atoms with Gasteiger partial charge < -0.3 is 0 Å². The SMILES string of the molecule is C=CCC(C)ON(C)C. The molecule has 0 aromatic rings. The third kappa shape index (κ3) is 5.53. The van der Waals surface area contributed by atoms with Crippen LogP contribution in [0, 0.1) is 0 Å². The largest absolute Gasteiger partial charge is 0.296 e. The van der Waals surface area contributed by atoms with Crippen LogP contribution in [0.2, 0.25) is 0 Å². The first-order chi connectivity index (χ1) is 4.16. The molecule has 54 valence electrons. The van der Waals surface area contributed by atoms with Gasteiger partial charge in [-0.15, -0.1) is 6.58 Å². The Bertz CT molecular complexity index is 81.0. The molecule has 2 nitrogen and oxygen atoms in total. The molecule has 0 aromatic heterocycles. The van der Waals surface area contributed by atoms with Crippen molar-refractivity contribution in [3.8, 4) is 0 Å². The molecule has 0 saturated carbocycles. The van der Waals surface area contributed by atoms with E-state index in [1.807, 2.05) is 27.1 Å². The van der Waals surface area contributed by atoms with Crippen molar-refractivity contribution in [1.29, 1.82) is 0 Å². The standard InChI is InChI=1S/C7H15NO/c1-5-6-7(2)9-8(3)4/h5,7H,1,6H2,2-4H3. The first-order valence-electron chi connectivity index (χ1n) is 3.11. The summed E-state index contributed by atoms with van der Waals surface area (Å²) in [5.41, 5.74) is 0. The van der Waals surface area contributed by atoms with E-state index < -0.39 is 0 Å². The van der Waals surface area contributed by atoms with Crippen LogP contribution < -0.4 is 0 Å². The minimum Gasteiger partial charge on any atom is -0.296 e. The van der Waals surface area contributed by atoms with E-state index in [0.717, 1.165) is 6.42 Å². The fourth-order valence-electron chi connectivity index (χ4n) is 0.638. The fourth-order valence-corrected chi connectivity index (χ4v) is 0.638. The van der Waals surface area contributed by atoms with Gasteiger partial charge in [-0.1, -0.05) is 6.08 Å². The smallest absolute Gasteiger partial charge is 0.0799 e. The lowest BCUT2D eigenvalue weighted by Gasteiger charge is -2.15. The minimum atomic E-state index is 0.248. The van der Waals surface area contributed by atoms with Crippen LogP contribution in [0.5, 0.6) is 0 Å². The van der Waals surface area contributed by atoms with Gasteiger partial charge in [0.25, 0.3) is 0 Å². The van der Waals surface area contributed by atoms with E-state index in [4.69, 9.17) is 4.84 Å². The Morgan fingerprint density at radius 1 is 1.67 bits per heavy atom. The Labute approximate surface area is 57.1 Å². The molecule has 2 heteroatoms. The average molecular weight is 129 g/mol. The number of hydrogen-bond donors (Lipinski definition) is 0. The highest BCUT2D eigenvalue weighted by Crippen LogP contribution is 1.97. The predicted molar refractivity (Wildman–Crippen MR) is 39.0 cm³/mol. The Balaban J connectivity index is 3.25. The third-order valence-electron chi connectivity index (χ3n) is 0.889. The second kappa shape index (κ2) is 4.53. The maximum absolute atomic E-state index is 5.25. The second-order valence-electron chi connectivity index (χ2n) is 2.25. The third-order valence-corrected chi connectivity index (χ3v) is 0.889. The van der Waals surface area contributed by atoms with E-state index in [9.17, 15) is 0 Å². The minimum absolute atomic E-state index is 0.248. The first-order valence-corrected chi connectivity index (χ1v) is 3.11. The summed E-state index contributed by atoms with van der Waals surface area (Å²) in [5.74, 6) is 0. The van der Waals surface area contributed by atoms with E-state index in [-0.39, 0.29) is 6.10 Å². The monoisotopic (exact) mass is 129 g/mol. The highest BCUT2D eigenvalue weighted by Gasteiger charge is 1.98. The zero-order valence-corrected chi connectivity index (χ0v) is 6.42. The second-order valence-corrected chi connectivity index (χ2v) is 2.25. The van der Waals surface area contributed by atoms with Crippen molar-refractivity contribution >= 4 is 0 Å².